The van der Waals surface area contributed by atoms with Crippen molar-refractivity contribution in [3.05, 3.63) is 0 Å². The molecule has 0 rings (SSSR count). The minimum atomic E-state index is -1.48. The second-order valence-corrected chi connectivity index (χ2v) is 5.54. The van der Waals surface area contributed by atoms with Crippen LogP contribution in [0.4, 0.5) is 0 Å². The van der Waals surface area contributed by atoms with E-state index in [1.165, 1.54) is 0 Å². The SMILES string of the molecule is NCCCC[C@H](NC(=O)[C@@H](N)CCC(N)=O)C(=O)N[C@@H](CO)C(=O)O. The summed E-state index contributed by atoms with van der Waals surface area (Å²) in [4.78, 5) is 45.8. The molecular weight excluding hydrogens is 334 g/mol. The molecule has 0 heterocycles. The molecule has 144 valence electrons. The van der Waals surface area contributed by atoms with Crippen molar-refractivity contribution in [2.75, 3.05) is 13.2 Å². The van der Waals surface area contributed by atoms with Gasteiger partial charge in [0.1, 0.15) is 12.1 Å². The summed E-state index contributed by atoms with van der Waals surface area (Å²) >= 11 is 0. The molecule has 0 saturated heterocycles. The van der Waals surface area contributed by atoms with E-state index in [9.17, 15) is 19.2 Å². The first kappa shape index (κ1) is 22.8. The van der Waals surface area contributed by atoms with Crippen molar-refractivity contribution in [3.63, 3.8) is 0 Å². The van der Waals surface area contributed by atoms with Crippen LogP contribution >= 0.6 is 0 Å². The monoisotopic (exact) mass is 361 g/mol. The molecule has 0 fully saturated rings. The van der Waals surface area contributed by atoms with E-state index in [1.807, 2.05) is 0 Å². The van der Waals surface area contributed by atoms with Crippen LogP contribution in [-0.4, -0.2) is 65.2 Å². The molecule has 0 aliphatic rings. The third kappa shape index (κ3) is 9.59. The molecule has 3 amide bonds. The second kappa shape index (κ2) is 12.2. The van der Waals surface area contributed by atoms with Gasteiger partial charge in [-0.15, -0.1) is 0 Å². The van der Waals surface area contributed by atoms with Crippen LogP contribution in [0.2, 0.25) is 0 Å². The van der Waals surface area contributed by atoms with Gasteiger partial charge in [-0.05, 0) is 32.2 Å². The Morgan fingerprint density at radius 3 is 2.04 bits per heavy atom. The van der Waals surface area contributed by atoms with Gasteiger partial charge in [0.15, 0.2) is 0 Å². The first-order chi connectivity index (χ1) is 11.7. The van der Waals surface area contributed by atoms with Crippen LogP contribution in [0.3, 0.4) is 0 Å². The Hall–Kier alpha value is -2.24. The van der Waals surface area contributed by atoms with Crippen molar-refractivity contribution in [1.29, 1.82) is 0 Å². The number of amides is 3. The zero-order chi connectivity index (χ0) is 19.4. The molecule has 0 aromatic rings. The predicted molar refractivity (Wildman–Crippen MR) is 87.9 cm³/mol. The van der Waals surface area contributed by atoms with Gasteiger partial charge < -0.3 is 38.0 Å². The number of nitrogens with two attached hydrogens (primary N) is 3. The maximum atomic E-state index is 12.2. The van der Waals surface area contributed by atoms with Crippen molar-refractivity contribution >= 4 is 23.7 Å². The number of aliphatic hydroxyl groups is 1. The zero-order valence-corrected chi connectivity index (χ0v) is 13.9. The number of hydrogen-bond donors (Lipinski definition) is 7. The molecule has 3 atom stereocenters. The number of aliphatic hydroxyl groups excluding tert-OH is 1. The predicted octanol–water partition coefficient (Wildman–Crippen LogP) is -3.25. The van der Waals surface area contributed by atoms with E-state index in [0.717, 1.165) is 0 Å². The lowest BCUT2D eigenvalue weighted by molar-refractivity contribution is -0.143. The number of nitrogens with one attached hydrogen (secondary N) is 2. The van der Waals surface area contributed by atoms with Crippen LogP contribution in [0.1, 0.15) is 32.1 Å². The van der Waals surface area contributed by atoms with Crippen LogP contribution in [0, 0.1) is 0 Å². The van der Waals surface area contributed by atoms with Gasteiger partial charge in [-0.3, -0.25) is 14.4 Å². The normalized spacial score (nSPS) is 14.2. The topological polar surface area (TPSA) is 211 Å². The smallest absolute Gasteiger partial charge is 0.328 e. The summed E-state index contributed by atoms with van der Waals surface area (Å²) in [6.45, 7) is -0.391. The lowest BCUT2D eigenvalue weighted by atomic mass is 10.1. The van der Waals surface area contributed by atoms with E-state index in [1.54, 1.807) is 0 Å². The quantitative estimate of drug-likeness (QED) is 0.165. The number of unbranched alkanes of at least 4 members (excludes halogenated alkanes) is 1. The van der Waals surface area contributed by atoms with Gasteiger partial charge >= 0.3 is 5.97 Å². The molecular formula is C14H27N5O6. The molecule has 11 nitrogen and oxygen atoms in total. The van der Waals surface area contributed by atoms with Crippen molar-refractivity contribution in [1.82, 2.24) is 10.6 Å². The van der Waals surface area contributed by atoms with Crippen molar-refractivity contribution in [2.45, 2.75) is 50.2 Å². The average molecular weight is 361 g/mol. The van der Waals surface area contributed by atoms with Gasteiger partial charge in [0, 0.05) is 6.42 Å². The molecule has 0 unspecified atom stereocenters. The number of primary amides is 1. The largest absolute Gasteiger partial charge is 0.480 e. The maximum absolute atomic E-state index is 12.2. The summed E-state index contributed by atoms with van der Waals surface area (Å²) in [6, 6.07) is -3.55. The van der Waals surface area contributed by atoms with Gasteiger partial charge in [-0.2, -0.15) is 0 Å². The van der Waals surface area contributed by atoms with E-state index < -0.39 is 48.4 Å². The fraction of sp³-hybridized carbons (Fsp3) is 0.714. The minimum Gasteiger partial charge on any atom is -0.480 e. The molecule has 0 radical (unpaired) electrons. The standard InChI is InChI=1S/C14H27N5O6/c15-6-2-1-3-9(13(23)19-10(7-20)14(24)25)18-12(22)8(16)4-5-11(17)21/h8-10,20H,1-7,15-16H2,(H2,17,21)(H,18,22)(H,19,23)(H,24,25)/t8-,9-,10-/m0/s1. The highest BCUT2D eigenvalue weighted by atomic mass is 16.4. The molecule has 25 heavy (non-hydrogen) atoms. The highest BCUT2D eigenvalue weighted by molar-refractivity contribution is 5.91. The Labute approximate surface area is 145 Å². The molecule has 0 aliphatic heterocycles. The molecule has 0 aromatic heterocycles. The third-order valence-electron chi connectivity index (χ3n) is 3.42. The molecule has 0 bridgehead atoms. The number of rotatable bonds is 13. The van der Waals surface area contributed by atoms with Gasteiger partial charge in [0.05, 0.1) is 12.6 Å². The summed E-state index contributed by atoms with van der Waals surface area (Å²) in [6.07, 6.45) is 1.28. The van der Waals surface area contributed by atoms with Gasteiger partial charge in [-0.1, -0.05) is 0 Å². The van der Waals surface area contributed by atoms with E-state index in [2.05, 4.69) is 10.6 Å². The second-order valence-electron chi connectivity index (χ2n) is 5.54. The molecule has 11 heteroatoms. The van der Waals surface area contributed by atoms with E-state index in [-0.39, 0.29) is 19.3 Å². The fourth-order valence-corrected chi connectivity index (χ4v) is 1.93. The van der Waals surface area contributed by atoms with Gasteiger partial charge in [0.25, 0.3) is 0 Å². The summed E-state index contributed by atoms with van der Waals surface area (Å²) in [5.74, 6) is -3.42. The average Bonchev–Trinajstić information content (AvgIpc) is 2.55. The van der Waals surface area contributed by atoms with Crippen LogP contribution in [0.5, 0.6) is 0 Å². The number of carboxylic acid groups (broad SMARTS) is 1. The summed E-state index contributed by atoms with van der Waals surface area (Å²) in [5.41, 5.74) is 16.0. The minimum absolute atomic E-state index is 0.0205. The lowest BCUT2D eigenvalue weighted by Gasteiger charge is -2.22. The Kier molecular flexibility index (Phi) is 11.1. The molecule has 10 N–H and O–H groups in total. The lowest BCUT2D eigenvalue weighted by Crippen LogP contribution is -2.55. The van der Waals surface area contributed by atoms with Crippen molar-refractivity contribution < 1.29 is 29.4 Å². The number of hydrogen-bond acceptors (Lipinski definition) is 7. The Morgan fingerprint density at radius 1 is 0.960 bits per heavy atom. The zero-order valence-electron chi connectivity index (χ0n) is 13.9. The molecule has 0 saturated carbocycles. The summed E-state index contributed by atoms with van der Waals surface area (Å²) in [7, 11) is 0. The van der Waals surface area contributed by atoms with Crippen LogP contribution in [0.15, 0.2) is 0 Å². The maximum Gasteiger partial charge on any atom is 0.328 e. The van der Waals surface area contributed by atoms with Crippen LogP contribution < -0.4 is 27.8 Å². The number of carbonyl (C=O) groups excluding carboxylic acids is 3. The van der Waals surface area contributed by atoms with Crippen LogP contribution in [-0.2, 0) is 19.2 Å². The van der Waals surface area contributed by atoms with E-state index in [0.29, 0.717) is 19.4 Å². The first-order valence-corrected chi connectivity index (χ1v) is 7.91. The van der Waals surface area contributed by atoms with Gasteiger partial charge in [-0.25, -0.2) is 4.79 Å². The molecule has 0 spiro atoms. The number of carbonyl (C=O) groups is 4. The molecule has 0 aromatic carbocycles. The summed E-state index contributed by atoms with van der Waals surface area (Å²) < 4.78 is 0. The highest BCUT2D eigenvalue weighted by Crippen LogP contribution is 2.03. The Balaban J connectivity index is 4.84. The number of aliphatic carboxylic acids is 1. The third-order valence-corrected chi connectivity index (χ3v) is 3.42. The Morgan fingerprint density at radius 2 is 1.56 bits per heavy atom. The first-order valence-electron chi connectivity index (χ1n) is 7.91. The highest BCUT2D eigenvalue weighted by Gasteiger charge is 2.27. The number of carboxylic acids is 1. The van der Waals surface area contributed by atoms with E-state index >= 15 is 0 Å². The van der Waals surface area contributed by atoms with Crippen molar-refractivity contribution in [3.8, 4) is 0 Å². The van der Waals surface area contributed by atoms with E-state index in [4.69, 9.17) is 27.4 Å². The fourth-order valence-electron chi connectivity index (χ4n) is 1.93. The van der Waals surface area contributed by atoms with Crippen molar-refractivity contribution in [2.24, 2.45) is 17.2 Å². The summed E-state index contributed by atoms with van der Waals surface area (Å²) in [5, 5.41) is 22.4. The molecule has 0 aliphatic carbocycles. The van der Waals surface area contributed by atoms with Gasteiger partial charge in [0.2, 0.25) is 17.7 Å². The van der Waals surface area contributed by atoms with Crippen LogP contribution in [0.25, 0.3) is 0 Å². The Bertz CT molecular complexity index is 473.